The van der Waals surface area contributed by atoms with Gasteiger partial charge in [0.25, 0.3) is 0 Å². The van der Waals surface area contributed by atoms with Crippen LogP contribution in [0.2, 0.25) is 0 Å². The number of carboxylic acid groups (broad SMARTS) is 1. The summed E-state index contributed by atoms with van der Waals surface area (Å²) < 4.78 is 5.14. The first-order valence-corrected chi connectivity index (χ1v) is 6.89. The molecule has 0 radical (unpaired) electrons. The van der Waals surface area contributed by atoms with E-state index < -0.39 is 11.5 Å². The fourth-order valence-corrected chi connectivity index (χ4v) is 2.05. The van der Waals surface area contributed by atoms with Crippen LogP contribution in [0.25, 0.3) is 0 Å². The Bertz CT molecular complexity index is 505. The van der Waals surface area contributed by atoms with E-state index >= 15 is 0 Å². The van der Waals surface area contributed by atoms with Crippen LogP contribution in [0, 0.1) is 0 Å². The lowest BCUT2D eigenvalue weighted by Crippen LogP contribution is -2.48. The molecule has 1 rings (SSSR count). The second-order valence-electron chi connectivity index (χ2n) is 5.90. The first-order chi connectivity index (χ1) is 9.74. The van der Waals surface area contributed by atoms with Gasteiger partial charge in [-0.2, -0.15) is 0 Å². The summed E-state index contributed by atoms with van der Waals surface area (Å²) in [6, 6.07) is 7.52. The van der Waals surface area contributed by atoms with E-state index in [0.717, 1.165) is 11.3 Å². The summed E-state index contributed by atoms with van der Waals surface area (Å²) >= 11 is 0. The molecule has 0 aliphatic rings. The maximum absolute atomic E-state index is 12.3. The largest absolute Gasteiger partial charge is 0.497 e. The summed E-state index contributed by atoms with van der Waals surface area (Å²) in [5.41, 5.74) is 0.482. The molecule has 0 bridgehead atoms. The molecule has 1 aromatic rings. The summed E-state index contributed by atoms with van der Waals surface area (Å²) in [7, 11) is 1.60. The van der Waals surface area contributed by atoms with E-state index in [1.54, 1.807) is 7.11 Å². The topological polar surface area (TPSA) is 66.8 Å². The molecule has 0 unspecified atom stereocenters. The summed E-state index contributed by atoms with van der Waals surface area (Å²) in [5, 5.41) is 8.94. The Kier molecular flexibility index (Phi) is 5.76. The predicted octanol–water partition coefficient (Wildman–Crippen LogP) is 2.34. The molecule has 1 amide bonds. The molecule has 116 valence electrons. The fraction of sp³-hybridized carbons (Fsp3) is 0.500. The Morgan fingerprint density at radius 3 is 2.48 bits per heavy atom. The van der Waals surface area contributed by atoms with Crippen molar-refractivity contribution in [1.82, 2.24) is 4.90 Å². The van der Waals surface area contributed by atoms with Gasteiger partial charge in [-0.1, -0.05) is 12.1 Å². The van der Waals surface area contributed by atoms with Crippen LogP contribution in [0.3, 0.4) is 0 Å². The van der Waals surface area contributed by atoms with Crippen molar-refractivity contribution in [3.8, 4) is 5.75 Å². The van der Waals surface area contributed by atoms with Crippen molar-refractivity contribution in [2.75, 3.05) is 13.7 Å². The van der Waals surface area contributed by atoms with Crippen molar-refractivity contribution in [3.63, 3.8) is 0 Å². The van der Waals surface area contributed by atoms with E-state index in [4.69, 9.17) is 9.84 Å². The third kappa shape index (κ3) is 5.45. The molecule has 0 saturated heterocycles. The van der Waals surface area contributed by atoms with Gasteiger partial charge in [-0.05, 0) is 44.9 Å². The number of methoxy groups -OCH3 is 1. The molecule has 21 heavy (non-hydrogen) atoms. The van der Waals surface area contributed by atoms with Crippen molar-refractivity contribution < 1.29 is 19.4 Å². The number of hydrogen-bond donors (Lipinski definition) is 1. The summed E-state index contributed by atoms with van der Waals surface area (Å²) in [6.45, 7) is 5.22. The zero-order chi connectivity index (χ0) is 16.0. The lowest BCUT2D eigenvalue weighted by Gasteiger charge is -2.34. The van der Waals surface area contributed by atoms with Crippen LogP contribution in [0.5, 0.6) is 5.75 Å². The van der Waals surface area contributed by atoms with E-state index in [1.807, 2.05) is 45.0 Å². The molecule has 1 aromatic carbocycles. The van der Waals surface area contributed by atoms with Crippen molar-refractivity contribution in [3.05, 3.63) is 29.8 Å². The van der Waals surface area contributed by atoms with Crippen molar-refractivity contribution in [2.45, 2.75) is 39.2 Å². The molecule has 0 aliphatic carbocycles. The van der Waals surface area contributed by atoms with Gasteiger partial charge in [-0.15, -0.1) is 0 Å². The Morgan fingerprint density at radius 1 is 1.29 bits per heavy atom. The highest BCUT2D eigenvalue weighted by atomic mass is 16.5. The molecular weight excluding hydrogens is 270 g/mol. The highest BCUT2D eigenvalue weighted by Crippen LogP contribution is 2.17. The van der Waals surface area contributed by atoms with Gasteiger partial charge in [0.05, 0.1) is 7.11 Å². The fourth-order valence-electron chi connectivity index (χ4n) is 2.05. The molecule has 5 nitrogen and oxygen atoms in total. The number of aryl methyl sites for hydroxylation is 1. The first kappa shape index (κ1) is 17.0. The number of hydrogen-bond acceptors (Lipinski definition) is 3. The molecular formula is C16H23NO4. The van der Waals surface area contributed by atoms with Crippen molar-refractivity contribution in [1.29, 1.82) is 0 Å². The van der Waals surface area contributed by atoms with Gasteiger partial charge in [0.1, 0.15) is 12.3 Å². The SMILES string of the molecule is COc1cccc(CCC(=O)N(CC(=O)O)C(C)(C)C)c1. The van der Waals surface area contributed by atoms with E-state index in [2.05, 4.69) is 0 Å². The number of amides is 1. The van der Waals surface area contributed by atoms with Gasteiger partial charge in [0, 0.05) is 12.0 Å². The molecule has 0 heterocycles. The Hall–Kier alpha value is -2.04. The van der Waals surface area contributed by atoms with Crippen LogP contribution in [-0.4, -0.2) is 41.1 Å². The van der Waals surface area contributed by atoms with Gasteiger partial charge >= 0.3 is 5.97 Å². The van der Waals surface area contributed by atoms with Crippen LogP contribution in [0.15, 0.2) is 24.3 Å². The Balaban J connectivity index is 2.71. The monoisotopic (exact) mass is 293 g/mol. The van der Waals surface area contributed by atoms with Gasteiger partial charge in [0.2, 0.25) is 5.91 Å². The third-order valence-corrected chi connectivity index (χ3v) is 3.17. The molecule has 0 fully saturated rings. The maximum atomic E-state index is 12.3. The number of aliphatic carboxylic acids is 1. The first-order valence-electron chi connectivity index (χ1n) is 6.89. The smallest absolute Gasteiger partial charge is 0.323 e. The van der Waals surface area contributed by atoms with E-state index in [0.29, 0.717) is 6.42 Å². The molecule has 0 spiro atoms. The quantitative estimate of drug-likeness (QED) is 0.874. The maximum Gasteiger partial charge on any atom is 0.323 e. The minimum atomic E-state index is -1.00. The third-order valence-electron chi connectivity index (χ3n) is 3.17. The standard InChI is InChI=1S/C16H23NO4/c1-16(2,3)17(11-15(19)20)14(18)9-8-12-6-5-7-13(10-12)21-4/h5-7,10H,8-9,11H2,1-4H3,(H,19,20). The highest BCUT2D eigenvalue weighted by Gasteiger charge is 2.27. The van der Waals surface area contributed by atoms with Gasteiger partial charge in [-0.25, -0.2) is 0 Å². The number of ether oxygens (including phenoxy) is 1. The number of carbonyl (C=O) groups excluding carboxylic acids is 1. The van der Waals surface area contributed by atoms with Crippen LogP contribution in [0.1, 0.15) is 32.8 Å². The number of carboxylic acids is 1. The van der Waals surface area contributed by atoms with Gasteiger partial charge in [-0.3, -0.25) is 9.59 Å². The molecule has 0 aliphatic heterocycles. The van der Waals surface area contributed by atoms with Crippen LogP contribution >= 0.6 is 0 Å². The Morgan fingerprint density at radius 2 is 1.95 bits per heavy atom. The molecule has 5 heteroatoms. The number of nitrogens with zero attached hydrogens (tertiary/aromatic N) is 1. The van der Waals surface area contributed by atoms with E-state index in [1.165, 1.54) is 4.90 Å². The van der Waals surface area contributed by atoms with Crippen molar-refractivity contribution in [2.24, 2.45) is 0 Å². The van der Waals surface area contributed by atoms with Crippen LogP contribution < -0.4 is 4.74 Å². The summed E-state index contributed by atoms with van der Waals surface area (Å²) in [5.74, 6) is -0.412. The van der Waals surface area contributed by atoms with E-state index in [-0.39, 0.29) is 18.9 Å². The number of rotatable bonds is 6. The number of benzene rings is 1. The summed E-state index contributed by atoms with van der Waals surface area (Å²) in [6.07, 6.45) is 0.833. The normalized spacial score (nSPS) is 11.0. The minimum absolute atomic E-state index is 0.160. The Labute approximate surface area is 125 Å². The van der Waals surface area contributed by atoms with Crippen LogP contribution in [-0.2, 0) is 16.0 Å². The van der Waals surface area contributed by atoms with E-state index in [9.17, 15) is 9.59 Å². The number of carbonyl (C=O) groups is 2. The average Bonchev–Trinajstić information content (AvgIpc) is 2.41. The zero-order valence-electron chi connectivity index (χ0n) is 13.0. The molecule has 0 atom stereocenters. The zero-order valence-corrected chi connectivity index (χ0v) is 13.0. The lowest BCUT2D eigenvalue weighted by atomic mass is 10.0. The minimum Gasteiger partial charge on any atom is -0.497 e. The molecule has 0 aromatic heterocycles. The molecule has 1 N–H and O–H groups in total. The predicted molar refractivity (Wildman–Crippen MR) is 80.4 cm³/mol. The summed E-state index contributed by atoms with van der Waals surface area (Å²) in [4.78, 5) is 24.6. The second-order valence-corrected chi connectivity index (χ2v) is 5.90. The lowest BCUT2D eigenvalue weighted by molar-refractivity contribution is -0.148. The van der Waals surface area contributed by atoms with Gasteiger partial charge in [0.15, 0.2) is 0 Å². The van der Waals surface area contributed by atoms with Crippen molar-refractivity contribution >= 4 is 11.9 Å². The van der Waals surface area contributed by atoms with Gasteiger partial charge < -0.3 is 14.7 Å². The average molecular weight is 293 g/mol. The highest BCUT2D eigenvalue weighted by molar-refractivity contribution is 5.82. The molecule has 0 saturated carbocycles. The second kappa shape index (κ2) is 7.11. The van der Waals surface area contributed by atoms with Crippen LogP contribution in [0.4, 0.5) is 0 Å².